The number of aromatic nitrogens is 1. The monoisotopic (exact) mass is 355 g/mol. The van der Waals surface area contributed by atoms with Gasteiger partial charge in [-0.05, 0) is 35.6 Å². The lowest BCUT2D eigenvalue weighted by atomic mass is 10.0. The summed E-state index contributed by atoms with van der Waals surface area (Å²) in [6, 6.07) is 11.0. The van der Waals surface area contributed by atoms with Crippen LogP contribution in [-0.4, -0.2) is 22.0 Å². The Balaban J connectivity index is 1.82. The van der Waals surface area contributed by atoms with Crippen LogP contribution in [-0.2, 0) is 0 Å². The molecule has 25 heavy (non-hydrogen) atoms. The molecule has 0 aliphatic heterocycles. The summed E-state index contributed by atoms with van der Waals surface area (Å²) in [5.41, 5.74) is 2.52. The van der Waals surface area contributed by atoms with Gasteiger partial charge >= 0.3 is 0 Å². The van der Waals surface area contributed by atoms with Gasteiger partial charge in [0.1, 0.15) is 0 Å². The molecular formula is C18H17N3O3S. The maximum atomic E-state index is 12.6. The maximum absolute atomic E-state index is 12.6. The largest absolute Gasteiger partial charge is 0.344 e. The molecule has 0 unspecified atom stereocenters. The van der Waals surface area contributed by atoms with Crippen molar-refractivity contribution in [1.82, 2.24) is 15.8 Å². The van der Waals surface area contributed by atoms with Crippen LogP contribution in [0.15, 0.2) is 48.8 Å². The van der Waals surface area contributed by atoms with Crippen LogP contribution in [0.4, 0.5) is 0 Å². The molecule has 3 N–H and O–H groups in total. The molecule has 0 spiro atoms. The zero-order valence-corrected chi connectivity index (χ0v) is 14.3. The van der Waals surface area contributed by atoms with Crippen molar-refractivity contribution in [2.45, 2.75) is 19.4 Å². The number of hydroxylamine groups is 1. The van der Waals surface area contributed by atoms with Crippen LogP contribution in [0.5, 0.6) is 0 Å². The van der Waals surface area contributed by atoms with Crippen LogP contribution in [0.3, 0.4) is 0 Å². The van der Waals surface area contributed by atoms with E-state index in [2.05, 4.69) is 10.3 Å². The quantitative estimate of drug-likeness (QED) is 0.484. The summed E-state index contributed by atoms with van der Waals surface area (Å²) in [7, 11) is 0. The number of fused-ring (bicyclic) bond motifs is 1. The van der Waals surface area contributed by atoms with Gasteiger partial charge in [0, 0.05) is 17.1 Å². The van der Waals surface area contributed by atoms with Gasteiger partial charge in [0.15, 0.2) is 0 Å². The summed E-state index contributed by atoms with van der Waals surface area (Å²) in [5, 5.41) is 12.8. The zero-order chi connectivity index (χ0) is 17.8. The van der Waals surface area contributed by atoms with E-state index in [0.29, 0.717) is 16.9 Å². The van der Waals surface area contributed by atoms with E-state index in [9.17, 15) is 9.59 Å². The first kappa shape index (κ1) is 17.1. The molecule has 2 amide bonds. The Hall–Kier alpha value is -2.77. The Morgan fingerprint density at radius 1 is 1.20 bits per heavy atom. The Bertz CT molecular complexity index is 890. The van der Waals surface area contributed by atoms with Gasteiger partial charge in [0.25, 0.3) is 11.8 Å². The Morgan fingerprint density at radius 2 is 2.00 bits per heavy atom. The van der Waals surface area contributed by atoms with Crippen molar-refractivity contribution in [2.75, 3.05) is 0 Å². The Kier molecular flexibility index (Phi) is 5.06. The van der Waals surface area contributed by atoms with Gasteiger partial charge in [-0.1, -0.05) is 25.1 Å². The average molecular weight is 355 g/mol. The molecule has 0 aliphatic rings. The second-order valence-electron chi connectivity index (χ2n) is 5.53. The molecule has 2 heterocycles. The molecule has 0 radical (unpaired) electrons. The Morgan fingerprint density at radius 3 is 2.72 bits per heavy atom. The van der Waals surface area contributed by atoms with Crippen molar-refractivity contribution in [2.24, 2.45) is 0 Å². The highest BCUT2D eigenvalue weighted by atomic mass is 32.1. The highest BCUT2D eigenvalue weighted by molar-refractivity contribution is 7.20. The van der Waals surface area contributed by atoms with E-state index in [1.165, 1.54) is 17.5 Å². The first-order chi connectivity index (χ1) is 12.1. The van der Waals surface area contributed by atoms with Gasteiger partial charge in [-0.15, -0.1) is 11.3 Å². The predicted molar refractivity (Wildman–Crippen MR) is 95.8 cm³/mol. The van der Waals surface area contributed by atoms with Gasteiger partial charge in [0.2, 0.25) is 0 Å². The smallest absolute Gasteiger partial charge is 0.276 e. The summed E-state index contributed by atoms with van der Waals surface area (Å²) in [6.07, 6.45) is 3.60. The van der Waals surface area contributed by atoms with Crippen LogP contribution in [0.25, 0.3) is 10.1 Å². The van der Waals surface area contributed by atoms with Gasteiger partial charge in [-0.3, -0.25) is 19.8 Å². The molecular weight excluding hydrogens is 338 g/mol. The minimum atomic E-state index is -0.639. The number of rotatable bonds is 5. The summed E-state index contributed by atoms with van der Waals surface area (Å²) in [5.74, 6) is -0.801. The molecule has 3 aromatic rings. The molecule has 0 saturated carbocycles. The number of nitrogens with one attached hydrogen (secondary N) is 2. The normalized spacial score (nSPS) is 11.9. The molecule has 2 aromatic heterocycles. The number of thiophene rings is 1. The fourth-order valence-electron chi connectivity index (χ4n) is 2.58. The van der Waals surface area contributed by atoms with E-state index >= 15 is 0 Å². The van der Waals surface area contributed by atoms with Gasteiger partial charge < -0.3 is 5.32 Å². The fraction of sp³-hybridized carbons (Fsp3) is 0.167. The molecule has 128 valence electrons. The molecule has 7 heteroatoms. The highest BCUT2D eigenvalue weighted by Gasteiger charge is 2.17. The maximum Gasteiger partial charge on any atom is 0.276 e. The van der Waals surface area contributed by atoms with Gasteiger partial charge in [0.05, 0.1) is 16.5 Å². The van der Waals surface area contributed by atoms with E-state index in [0.717, 1.165) is 10.1 Å². The molecule has 0 saturated heterocycles. The van der Waals surface area contributed by atoms with Gasteiger partial charge in [-0.25, -0.2) is 5.48 Å². The first-order valence-electron chi connectivity index (χ1n) is 7.81. The molecule has 6 nitrogen and oxygen atoms in total. The van der Waals surface area contributed by atoms with E-state index in [-0.39, 0.29) is 17.5 Å². The second kappa shape index (κ2) is 7.42. The van der Waals surface area contributed by atoms with Crippen molar-refractivity contribution >= 4 is 33.2 Å². The van der Waals surface area contributed by atoms with Crippen LogP contribution >= 0.6 is 11.3 Å². The summed E-state index contributed by atoms with van der Waals surface area (Å²) in [6.45, 7) is 1.94. The van der Waals surface area contributed by atoms with Crippen molar-refractivity contribution in [3.8, 4) is 0 Å². The molecule has 0 bridgehead atoms. The number of carbonyl (C=O) groups is 2. The fourth-order valence-corrected chi connectivity index (χ4v) is 3.55. The SMILES string of the molecule is CC[C@H](NC(=O)c1cc2ccccc2s1)c1cncc(C(=O)NO)c1. The zero-order valence-electron chi connectivity index (χ0n) is 13.5. The first-order valence-corrected chi connectivity index (χ1v) is 8.63. The molecule has 0 fully saturated rings. The molecule has 1 aromatic carbocycles. The van der Waals surface area contributed by atoms with Crippen molar-refractivity contribution in [3.63, 3.8) is 0 Å². The van der Waals surface area contributed by atoms with Crippen molar-refractivity contribution < 1.29 is 14.8 Å². The van der Waals surface area contributed by atoms with Crippen LogP contribution in [0, 0.1) is 0 Å². The number of benzene rings is 1. The van der Waals surface area contributed by atoms with Crippen LogP contribution < -0.4 is 10.8 Å². The van der Waals surface area contributed by atoms with Crippen molar-refractivity contribution in [1.29, 1.82) is 0 Å². The number of nitrogens with zero attached hydrogens (tertiary/aromatic N) is 1. The number of pyridine rings is 1. The van der Waals surface area contributed by atoms with E-state index in [1.54, 1.807) is 17.7 Å². The number of carbonyl (C=O) groups excluding carboxylic acids is 2. The van der Waals surface area contributed by atoms with E-state index in [4.69, 9.17) is 5.21 Å². The van der Waals surface area contributed by atoms with Gasteiger partial charge in [-0.2, -0.15) is 0 Å². The standard InChI is InChI=1S/C18H17N3O3S/c1-2-14(12-7-13(10-19-9-12)17(22)21-24)20-18(23)16-8-11-5-3-4-6-15(11)25-16/h3-10,14,24H,2H2,1H3,(H,20,23)(H,21,22)/t14-/m0/s1. The molecule has 3 rings (SSSR count). The predicted octanol–water partition coefficient (Wildman–Crippen LogP) is 3.30. The van der Waals surface area contributed by atoms with Crippen LogP contribution in [0.1, 0.15) is 45.0 Å². The minimum Gasteiger partial charge on any atom is -0.344 e. The second-order valence-corrected chi connectivity index (χ2v) is 6.61. The van der Waals surface area contributed by atoms with E-state index in [1.807, 2.05) is 37.3 Å². The van der Waals surface area contributed by atoms with Crippen molar-refractivity contribution in [3.05, 3.63) is 64.8 Å². The summed E-state index contributed by atoms with van der Waals surface area (Å²) < 4.78 is 1.06. The van der Waals surface area contributed by atoms with Crippen LogP contribution in [0.2, 0.25) is 0 Å². The average Bonchev–Trinajstić information content (AvgIpc) is 3.09. The third-order valence-corrected chi connectivity index (χ3v) is 5.00. The minimum absolute atomic E-state index is 0.162. The Labute approximate surface area is 148 Å². The number of hydrogen-bond acceptors (Lipinski definition) is 5. The lowest BCUT2D eigenvalue weighted by Gasteiger charge is -2.17. The highest BCUT2D eigenvalue weighted by Crippen LogP contribution is 2.26. The summed E-state index contributed by atoms with van der Waals surface area (Å²) >= 11 is 1.44. The lowest BCUT2D eigenvalue weighted by Crippen LogP contribution is -2.28. The lowest BCUT2D eigenvalue weighted by molar-refractivity contribution is 0.0705. The third-order valence-electron chi connectivity index (χ3n) is 3.89. The number of hydrogen-bond donors (Lipinski definition) is 3. The number of amides is 2. The topological polar surface area (TPSA) is 91.3 Å². The molecule has 0 aliphatic carbocycles. The van der Waals surface area contributed by atoms with E-state index < -0.39 is 5.91 Å². The molecule has 1 atom stereocenters. The third kappa shape index (κ3) is 3.67. The summed E-state index contributed by atoms with van der Waals surface area (Å²) in [4.78, 5) is 28.8.